The average molecular weight is 609 g/mol. The lowest BCUT2D eigenvalue weighted by molar-refractivity contribution is -0.126. The zero-order chi connectivity index (χ0) is 30.6. The molecule has 15 heteroatoms. The van der Waals surface area contributed by atoms with Crippen molar-refractivity contribution in [2.45, 2.75) is 12.2 Å². The van der Waals surface area contributed by atoms with Crippen LogP contribution in [-0.2, 0) is 28.5 Å². The molecule has 2 aromatic rings. The summed E-state index contributed by atoms with van der Waals surface area (Å²) in [6, 6.07) is 13.6. The van der Waals surface area contributed by atoms with E-state index in [0.717, 1.165) is 11.4 Å². The van der Waals surface area contributed by atoms with E-state index in [9.17, 15) is 24.0 Å². The minimum absolute atomic E-state index is 0.0436. The predicted molar refractivity (Wildman–Crippen MR) is 156 cm³/mol. The molecule has 4 heterocycles. The average Bonchev–Trinajstić information content (AvgIpc) is 3.61. The van der Waals surface area contributed by atoms with Gasteiger partial charge in [0, 0.05) is 35.8 Å². The molecule has 15 nitrogen and oxygen atoms in total. The van der Waals surface area contributed by atoms with E-state index in [1.807, 2.05) is 0 Å². The highest BCUT2D eigenvalue weighted by atomic mass is 16.6. The number of carbonyl (C=O) groups excluding carboxylic acids is 5. The van der Waals surface area contributed by atoms with Crippen LogP contribution in [0.3, 0.4) is 0 Å². The molecule has 4 aliphatic heterocycles. The van der Waals surface area contributed by atoms with Crippen LogP contribution in [0.2, 0.25) is 0 Å². The SMILES string of the molecule is O=C(NC[C@H]1CN(c2ccc(N3CCOCC3=O)cc2)C(=O)O1)NC[C@H]1CN(c2ccc(N3CCOCC3=O)cc2)C(=O)O1. The van der Waals surface area contributed by atoms with Gasteiger partial charge >= 0.3 is 18.2 Å². The van der Waals surface area contributed by atoms with Crippen LogP contribution < -0.4 is 30.2 Å². The van der Waals surface area contributed by atoms with E-state index in [1.165, 1.54) is 9.80 Å². The minimum Gasteiger partial charge on any atom is -0.442 e. The smallest absolute Gasteiger partial charge is 0.414 e. The van der Waals surface area contributed by atoms with Gasteiger partial charge in [0.2, 0.25) is 0 Å². The van der Waals surface area contributed by atoms with Crippen molar-refractivity contribution in [3.63, 3.8) is 0 Å². The Kier molecular flexibility index (Phi) is 8.47. The summed E-state index contributed by atoms with van der Waals surface area (Å²) < 4.78 is 21.1. The van der Waals surface area contributed by atoms with Gasteiger partial charge < -0.3 is 39.4 Å². The fourth-order valence-corrected chi connectivity index (χ4v) is 5.36. The summed E-state index contributed by atoms with van der Waals surface area (Å²) in [5, 5.41) is 5.38. The molecule has 6 rings (SSSR count). The summed E-state index contributed by atoms with van der Waals surface area (Å²) in [5.41, 5.74) is 2.67. The Morgan fingerprint density at radius 3 is 1.34 bits per heavy atom. The molecule has 6 amide bonds. The molecule has 0 radical (unpaired) electrons. The zero-order valence-electron chi connectivity index (χ0n) is 23.8. The summed E-state index contributed by atoms with van der Waals surface area (Å²) >= 11 is 0. The number of nitrogens with one attached hydrogen (secondary N) is 2. The van der Waals surface area contributed by atoms with Crippen LogP contribution in [0, 0.1) is 0 Å². The lowest BCUT2D eigenvalue weighted by Crippen LogP contribution is -2.44. The van der Waals surface area contributed by atoms with E-state index in [2.05, 4.69) is 10.6 Å². The van der Waals surface area contributed by atoms with Crippen molar-refractivity contribution in [1.82, 2.24) is 10.6 Å². The van der Waals surface area contributed by atoms with Crippen LogP contribution in [0.4, 0.5) is 37.1 Å². The van der Waals surface area contributed by atoms with Crippen molar-refractivity contribution >= 4 is 52.8 Å². The molecular weight excluding hydrogens is 576 g/mol. The first-order valence-corrected chi connectivity index (χ1v) is 14.3. The van der Waals surface area contributed by atoms with E-state index in [0.29, 0.717) is 37.7 Å². The second-order valence-corrected chi connectivity index (χ2v) is 10.6. The maximum absolute atomic E-state index is 12.5. The van der Waals surface area contributed by atoms with E-state index in [4.69, 9.17) is 18.9 Å². The van der Waals surface area contributed by atoms with Gasteiger partial charge in [-0.05, 0) is 48.5 Å². The number of hydrogen-bond acceptors (Lipinski definition) is 9. The molecule has 4 saturated heterocycles. The highest BCUT2D eigenvalue weighted by molar-refractivity contribution is 5.96. The Morgan fingerprint density at radius 1 is 0.614 bits per heavy atom. The third-order valence-electron chi connectivity index (χ3n) is 7.65. The standard InChI is InChI=1S/C29H32N6O9/c36-25-17-41-11-9-32(25)19-1-5-21(6-2-19)34-15-23(43-28(34)39)13-30-27(38)31-14-24-16-35(29(40)44-24)22-7-3-20(4-8-22)33-10-12-42-18-26(33)37/h1-8,23-24H,9-18H2,(H2,30,31,38)/t23-,24-/m0/s1. The number of urea groups is 1. The number of benzene rings is 2. The van der Waals surface area contributed by atoms with Crippen LogP contribution in [0.25, 0.3) is 0 Å². The van der Waals surface area contributed by atoms with Crippen molar-refractivity contribution in [2.24, 2.45) is 0 Å². The molecule has 0 spiro atoms. The van der Waals surface area contributed by atoms with E-state index >= 15 is 0 Å². The molecule has 2 atom stereocenters. The molecule has 4 aliphatic rings. The molecule has 0 unspecified atom stereocenters. The zero-order valence-corrected chi connectivity index (χ0v) is 23.8. The number of cyclic esters (lactones) is 2. The number of carbonyl (C=O) groups is 5. The largest absolute Gasteiger partial charge is 0.442 e. The van der Waals surface area contributed by atoms with Crippen molar-refractivity contribution in [3.8, 4) is 0 Å². The van der Waals surface area contributed by atoms with Gasteiger partial charge in [0.15, 0.2) is 0 Å². The number of nitrogens with zero attached hydrogens (tertiary/aromatic N) is 4. The van der Waals surface area contributed by atoms with Crippen LogP contribution in [0.1, 0.15) is 0 Å². The lowest BCUT2D eigenvalue weighted by atomic mass is 10.2. The fourth-order valence-electron chi connectivity index (χ4n) is 5.36. The quantitative estimate of drug-likeness (QED) is 0.447. The van der Waals surface area contributed by atoms with Crippen molar-refractivity contribution < 1.29 is 42.9 Å². The van der Waals surface area contributed by atoms with Gasteiger partial charge in [0.1, 0.15) is 25.4 Å². The summed E-state index contributed by atoms with van der Waals surface area (Å²) in [5.74, 6) is -0.238. The first-order chi connectivity index (χ1) is 21.4. The van der Waals surface area contributed by atoms with Crippen LogP contribution in [-0.4, -0.2) is 108 Å². The van der Waals surface area contributed by atoms with Gasteiger partial charge in [-0.2, -0.15) is 0 Å². The Balaban J connectivity index is 0.936. The van der Waals surface area contributed by atoms with Gasteiger partial charge in [0.05, 0.1) is 39.4 Å². The number of rotatable bonds is 8. The highest BCUT2D eigenvalue weighted by Crippen LogP contribution is 2.27. The Hall–Kier alpha value is -4.89. The van der Waals surface area contributed by atoms with Gasteiger partial charge in [0.25, 0.3) is 11.8 Å². The Bertz CT molecular complexity index is 1310. The molecule has 4 fully saturated rings. The van der Waals surface area contributed by atoms with Crippen molar-refractivity contribution in [1.29, 1.82) is 0 Å². The third kappa shape index (κ3) is 6.38. The minimum atomic E-state index is -0.565. The maximum atomic E-state index is 12.5. The number of hydrogen-bond donors (Lipinski definition) is 2. The van der Waals surface area contributed by atoms with E-state index in [1.54, 1.807) is 58.3 Å². The monoisotopic (exact) mass is 608 g/mol. The summed E-state index contributed by atoms with van der Waals surface area (Å²) in [6.07, 6.45) is -2.20. The van der Waals surface area contributed by atoms with Gasteiger partial charge in [-0.25, -0.2) is 14.4 Å². The Labute approximate surface area is 252 Å². The van der Waals surface area contributed by atoms with Crippen molar-refractivity contribution in [2.75, 3.05) is 85.3 Å². The first kappa shape index (κ1) is 29.2. The van der Waals surface area contributed by atoms with E-state index < -0.39 is 30.4 Å². The predicted octanol–water partition coefficient (Wildman–Crippen LogP) is 1.06. The lowest BCUT2D eigenvalue weighted by Gasteiger charge is -2.27. The summed E-state index contributed by atoms with van der Waals surface area (Å²) in [7, 11) is 0. The number of anilines is 4. The normalized spacial score (nSPS) is 22.3. The molecule has 0 saturated carbocycles. The topological polar surface area (TPSA) is 159 Å². The number of morpholine rings is 2. The molecule has 232 valence electrons. The van der Waals surface area contributed by atoms with Crippen LogP contribution in [0.15, 0.2) is 48.5 Å². The van der Waals surface area contributed by atoms with Crippen LogP contribution in [0.5, 0.6) is 0 Å². The maximum Gasteiger partial charge on any atom is 0.414 e. The molecule has 2 aromatic carbocycles. The summed E-state index contributed by atoms with van der Waals surface area (Å²) in [4.78, 5) is 67.7. The Morgan fingerprint density at radius 2 is 0.977 bits per heavy atom. The molecule has 2 N–H and O–H groups in total. The first-order valence-electron chi connectivity index (χ1n) is 14.3. The second-order valence-electron chi connectivity index (χ2n) is 10.6. The van der Waals surface area contributed by atoms with Gasteiger partial charge in [-0.3, -0.25) is 19.4 Å². The molecule has 0 bridgehead atoms. The van der Waals surface area contributed by atoms with Gasteiger partial charge in [-0.15, -0.1) is 0 Å². The fraction of sp³-hybridized carbons (Fsp3) is 0.414. The molecule has 0 aromatic heterocycles. The molecular formula is C29H32N6O9. The van der Waals surface area contributed by atoms with Crippen molar-refractivity contribution in [3.05, 3.63) is 48.5 Å². The number of ether oxygens (including phenoxy) is 4. The van der Waals surface area contributed by atoms with Crippen LogP contribution >= 0.6 is 0 Å². The molecule has 44 heavy (non-hydrogen) atoms. The third-order valence-corrected chi connectivity index (χ3v) is 7.65. The molecule has 0 aliphatic carbocycles. The second kappa shape index (κ2) is 12.8. The highest BCUT2D eigenvalue weighted by Gasteiger charge is 2.34. The summed E-state index contributed by atoms with van der Waals surface area (Å²) in [6.45, 7) is 2.60. The van der Waals surface area contributed by atoms with Gasteiger partial charge in [-0.1, -0.05) is 0 Å². The number of amides is 6. The van der Waals surface area contributed by atoms with E-state index in [-0.39, 0.29) is 51.2 Å².